The molecule has 0 radical (unpaired) electrons. The van der Waals surface area contributed by atoms with Crippen molar-refractivity contribution in [3.05, 3.63) is 58.5 Å². The Balaban J connectivity index is 1.63. The van der Waals surface area contributed by atoms with E-state index in [0.717, 1.165) is 0 Å². The summed E-state index contributed by atoms with van der Waals surface area (Å²) >= 11 is 3.20. The summed E-state index contributed by atoms with van der Waals surface area (Å²) in [6.07, 6.45) is 2.95. The largest absolute Gasteiger partial charge is 0.450 e. The molecule has 0 bridgehead atoms. The van der Waals surface area contributed by atoms with Crippen molar-refractivity contribution in [3.63, 3.8) is 0 Å². The lowest BCUT2D eigenvalue weighted by molar-refractivity contribution is -0.111. The van der Waals surface area contributed by atoms with E-state index in [9.17, 15) is 9.59 Å². The maximum atomic E-state index is 12.5. The number of morpholine rings is 1. The summed E-state index contributed by atoms with van der Waals surface area (Å²) in [5.41, 5.74) is 1.10. The maximum Gasteiger partial charge on any atom is 0.254 e. The van der Waals surface area contributed by atoms with Gasteiger partial charge in [0.15, 0.2) is 4.67 Å². The molecule has 1 aliphatic heterocycles. The van der Waals surface area contributed by atoms with Crippen LogP contribution < -0.4 is 5.32 Å². The summed E-state index contributed by atoms with van der Waals surface area (Å²) in [4.78, 5) is 26.2. The number of carbonyl (C=O) groups excluding carboxylic acids is 2. The van der Waals surface area contributed by atoms with Crippen LogP contribution in [0.15, 0.2) is 51.6 Å². The first kappa shape index (κ1) is 17.4. The summed E-state index contributed by atoms with van der Waals surface area (Å²) in [5.74, 6) is 0.206. The van der Waals surface area contributed by atoms with E-state index >= 15 is 0 Å². The van der Waals surface area contributed by atoms with Gasteiger partial charge in [-0.15, -0.1) is 0 Å². The number of hydrogen-bond acceptors (Lipinski definition) is 4. The molecule has 6 nitrogen and oxygen atoms in total. The third-order valence-electron chi connectivity index (χ3n) is 3.67. The van der Waals surface area contributed by atoms with Crippen LogP contribution in [0.1, 0.15) is 16.1 Å². The second kappa shape index (κ2) is 8.13. The minimum atomic E-state index is -0.302. The molecular formula is C18H17BrN2O4. The Labute approximate surface area is 153 Å². The Hall–Kier alpha value is -2.38. The SMILES string of the molecule is O=C(/C=C/c1ccc(Br)o1)Nc1cccc(C(=O)N2CCOCC2)c1. The second-order valence-corrected chi connectivity index (χ2v) is 6.23. The van der Waals surface area contributed by atoms with Crippen LogP contribution in [-0.4, -0.2) is 43.0 Å². The Morgan fingerprint density at radius 2 is 1.96 bits per heavy atom. The number of nitrogens with one attached hydrogen (secondary N) is 1. The molecule has 0 atom stereocenters. The fraction of sp³-hybridized carbons (Fsp3) is 0.222. The third kappa shape index (κ3) is 4.80. The van der Waals surface area contributed by atoms with Crippen molar-refractivity contribution in [2.24, 2.45) is 0 Å². The lowest BCUT2D eigenvalue weighted by Gasteiger charge is -2.27. The second-order valence-electron chi connectivity index (χ2n) is 5.45. The van der Waals surface area contributed by atoms with Gasteiger partial charge in [-0.3, -0.25) is 9.59 Å². The number of nitrogens with zero attached hydrogens (tertiary/aromatic N) is 1. The summed E-state index contributed by atoms with van der Waals surface area (Å²) in [7, 11) is 0. The zero-order valence-electron chi connectivity index (χ0n) is 13.4. The summed E-state index contributed by atoms with van der Waals surface area (Å²) in [5, 5.41) is 2.74. The van der Waals surface area contributed by atoms with Crippen LogP contribution in [0.5, 0.6) is 0 Å². The first-order valence-corrected chi connectivity index (χ1v) is 8.62. The maximum absolute atomic E-state index is 12.5. The van der Waals surface area contributed by atoms with Gasteiger partial charge >= 0.3 is 0 Å². The van der Waals surface area contributed by atoms with E-state index in [2.05, 4.69) is 21.2 Å². The van der Waals surface area contributed by atoms with Crippen LogP contribution in [0.3, 0.4) is 0 Å². The quantitative estimate of drug-likeness (QED) is 0.794. The van der Waals surface area contributed by atoms with Crippen molar-refractivity contribution >= 4 is 39.5 Å². The van der Waals surface area contributed by atoms with E-state index in [1.807, 2.05) is 0 Å². The van der Waals surface area contributed by atoms with E-state index in [4.69, 9.17) is 9.15 Å². The predicted molar refractivity (Wildman–Crippen MR) is 97.2 cm³/mol. The van der Waals surface area contributed by atoms with Gasteiger partial charge in [-0.2, -0.15) is 0 Å². The van der Waals surface area contributed by atoms with Crippen molar-refractivity contribution < 1.29 is 18.7 Å². The molecule has 0 spiro atoms. The van der Waals surface area contributed by atoms with Crippen molar-refractivity contribution in [1.82, 2.24) is 4.90 Å². The number of rotatable bonds is 4. The van der Waals surface area contributed by atoms with Gasteiger partial charge < -0.3 is 19.4 Å². The molecule has 1 aromatic heterocycles. The van der Waals surface area contributed by atoms with Crippen LogP contribution in [0.2, 0.25) is 0 Å². The van der Waals surface area contributed by atoms with E-state index in [0.29, 0.717) is 48.0 Å². The average molecular weight is 405 g/mol. The Morgan fingerprint density at radius 1 is 1.16 bits per heavy atom. The molecule has 0 unspecified atom stereocenters. The van der Waals surface area contributed by atoms with Crippen molar-refractivity contribution in [2.45, 2.75) is 0 Å². The molecule has 1 aliphatic rings. The first-order valence-electron chi connectivity index (χ1n) is 7.83. The summed E-state index contributed by atoms with van der Waals surface area (Å²) < 4.78 is 11.1. The molecule has 3 rings (SSSR count). The monoisotopic (exact) mass is 404 g/mol. The average Bonchev–Trinajstić information content (AvgIpc) is 3.06. The molecule has 1 fully saturated rings. The lowest BCUT2D eigenvalue weighted by atomic mass is 10.1. The molecule has 1 N–H and O–H groups in total. The van der Waals surface area contributed by atoms with Gasteiger partial charge in [-0.1, -0.05) is 6.07 Å². The molecule has 2 aromatic rings. The van der Waals surface area contributed by atoms with Crippen molar-refractivity contribution in [3.8, 4) is 0 Å². The van der Waals surface area contributed by atoms with Crippen molar-refractivity contribution in [2.75, 3.05) is 31.6 Å². The van der Waals surface area contributed by atoms with Crippen molar-refractivity contribution in [1.29, 1.82) is 0 Å². The van der Waals surface area contributed by atoms with E-state index in [1.54, 1.807) is 47.4 Å². The van der Waals surface area contributed by atoms with Gasteiger partial charge in [0, 0.05) is 30.4 Å². The molecule has 0 aliphatic carbocycles. The van der Waals surface area contributed by atoms with Gasteiger partial charge in [0.2, 0.25) is 5.91 Å². The summed E-state index contributed by atoms with van der Waals surface area (Å²) in [6.45, 7) is 2.26. The lowest BCUT2D eigenvalue weighted by Crippen LogP contribution is -2.40. The standard InChI is InChI=1S/C18H17BrN2O4/c19-16-6-4-15(25-16)5-7-17(22)20-14-3-1-2-13(12-14)18(23)21-8-10-24-11-9-21/h1-7,12H,8-11H2,(H,20,22)/b7-5+. The highest BCUT2D eigenvalue weighted by Gasteiger charge is 2.18. The van der Waals surface area contributed by atoms with Crippen LogP contribution in [0.25, 0.3) is 6.08 Å². The minimum absolute atomic E-state index is 0.0598. The highest BCUT2D eigenvalue weighted by Crippen LogP contribution is 2.16. The molecule has 2 amide bonds. The van der Waals surface area contributed by atoms with Gasteiger partial charge in [0.05, 0.1) is 13.2 Å². The molecule has 25 heavy (non-hydrogen) atoms. The zero-order valence-corrected chi connectivity index (χ0v) is 15.0. The number of furan rings is 1. The highest BCUT2D eigenvalue weighted by molar-refractivity contribution is 9.10. The van der Waals surface area contributed by atoms with E-state index in [-0.39, 0.29) is 11.8 Å². The number of anilines is 1. The molecule has 7 heteroatoms. The molecule has 1 aromatic carbocycles. The number of hydrogen-bond donors (Lipinski definition) is 1. The van der Waals surface area contributed by atoms with Gasteiger partial charge in [-0.25, -0.2) is 0 Å². The Morgan fingerprint density at radius 3 is 2.68 bits per heavy atom. The number of carbonyl (C=O) groups is 2. The molecule has 130 valence electrons. The van der Waals surface area contributed by atoms with Gasteiger partial charge in [0.1, 0.15) is 5.76 Å². The Bertz CT molecular complexity index is 794. The fourth-order valence-electron chi connectivity index (χ4n) is 2.44. The van der Waals surface area contributed by atoms with Crippen LogP contribution in [0, 0.1) is 0 Å². The number of halogens is 1. The Kier molecular flexibility index (Phi) is 5.67. The van der Waals surface area contributed by atoms with E-state index in [1.165, 1.54) is 6.08 Å². The molecule has 1 saturated heterocycles. The van der Waals surface area contributed by atoms with E-state index < -0.39 is 0 Å². The predicted octanol–water partition coefficient (Wildman–Crippen LogP) is 3.17. The number of ether oxygens (including phenoxy) is 1. The summed E-state index contributed by atoms with van der Waals surface area (Å²) in [6, 6.07) is 10.4. The fourth-order valence-corrected chi connectivity index (χ4v) is 2.76. The van der Waals surface area contributed by atoms with Gasteiger partial charge in [-0.05, 0) is 52.3 Å². The topological polar surface area (TPSA) is 71.8 Å². The third-order valence-corrected chi connectivity index (χ3v) is 4.09. The number of benzene rings is 1. The van der Waals surface area contributed by atoms with Crippen LogP contribution in [-0.2, 0) is 9.53 Å². The molecular weight excluding hydrogens is 388 g/mol. The van der Waals surface area contributed by atoms with Crippen LogP contribution in [0.4, 0.5) is 5.69 Å². The minimum Gasteiger partial charge on any atom is -0.450 e. The number of amides is 2. The normalized spacial score (nSPS) is 14.7. The smallest absolute Gasteiger partial charge is 0.254 e. The zero-order chi connectivity index (χ0) is 17.6. The van der Waals surface area contributed by atoms with Crippen LogP contribution >= 0.6 is 15.9 Å². The highest BCUT2D eigenvalue weighted by atomic mass is 79.9. The van der Waals surface area contributed by atoms with Gasteiger partial charge in [0.25, 0.3) is 5.91 Å². The molecule has 0 saturated carbocycles. The molecule has 2 heterocycles. The first-order chi connectivity index (χ1) is 12.1.